The van der Waals surface area contributed by atoms with Crippen LogP contribution in [0.4, 0.5) is 5.69 Å². The summed E-state index contributed by atoms with van der Waals surface area (Å²) in [5.74, 6) is 0.982. The van der Waals surface area contributed by atoms with Crippen LogP contribution >= 0.6 is 0 Å². The molecule has 0 aliphatic heterocycles. The van der Waals surface area contributed by atoms with Gasteiger partial charge in [0.1, 0.15) is 0 Å². The first-order chi connectivity index (χ1) is 9.16. The highest BCUT2D eigenvalue weighted by Gasteiger charge is 2.14. The largest absolute Gasteiger partial charge is 0.378 e. The summed E-state index contributed by atoms with van der Waals surface area (Å²) < 4.78 is 0. The summed E-state index contributed by atoms with van der Waals surface area (Å²) in [5.41, 5.74) is 2.65. The maximum absolute atomic E-state index is 3.66. The predicted octanol–water partition coefficient (Wildman–Crippen LogP) is 3.98. The fourth-order valence-electron chi connectivity index (χ4n) is 2.98. The topological polar surface area (TPSA) is 15.3 Å². The van der Waals surface area contributed by atoms with Crippen LogP contribution in [0.3, 0.4) is 0 Å². The Kier molecular flexibility index (Phi) is 5.26. The zero-order valence-electron chi connectivity index (χ0n) is 12.7. The summed E-state index contributed by atoms with van der Waals surface area (Å²) in [6.45, 7) is 3.42. The zero-order chi connectivity index (χ0) is 13.7. The molecule has 1 aliphatic carbocycles. The fourth-order valence-corrected chi connectivity index (χ4v) is 2.98. The van der Waals surface area contributed by atoms with E-state index in [2.05, 4.69) is 55.5 Å². The van der Waals surface area contributed by atoms with Crippen LogP contribution in [0, 0.1) is 5.92 Å². The fraction of sp³-hybridized carbons (Fsp3) is 0.647. The van der Waals surface area contributed by atoms with Crippen LogP contribution in [0.15, 0.2) is 24.3 Å². The number of hydrogen-bond donors (Lipinski definition) is 1. The van der Waals surface area contributed by atoms with Gasteiger partial charge < -0.3 is 10.2 Å². The number of nitrogens with one attached hydrogen (secondary N) is 1. The molecule has 1 saturated carbocycles. The smallest absolute Gasteiger partial charge is 0.0361 e. The van der Waals surface area contributed by atoms with E-state index in [0.717, 1.165) is 12.5 Å². The lowest BCUT2D eigenvalue weighted by molar-refractivity contribution is 0.455. The predicted molar refractivity (Wildman–Crippen MR) is 83.8 cm³/mol. The van der Waals surface area contributed by atoms with Crippen LogP contribution < -0.4 is 10.2 Å². The Morgan fingerprint density at radius 1 is 1.16 bits per heavy atom. The second kappa shape index (κ2) is 6.95. The highest BCUT2D eigenvalue weighted by molar-refractivity contribution is 5.46. The number of hydrogen-bond acceptors (Lipinski definition) is 2. The van der Waals surface area contributed by atoms with E-state index in [1.807, 2.05) is 0 Å². The average Bonchev–Trinajstić information content (AvgIpc) is 2.92. The van der Waals surface area contributed by atoms with Gasteiger partial charge in [-0.25, -0.2) is 0 Å². The molecule has 1 aliphatic rings. The van der Waals surface area contributed by atoms with Crippen molar-refractivity contribution in [1.82, 2.24) is 5.32 Å². The maximum atomic E-state index is 3.66. The number of nitrogens with zero attached hydrogens (tertiary/aromatic N) is 1. The highest BCUT2D eigenvalue weighted by Crippen LogP contribution is 2.27. The molecule has 2 nitrogen and oxygen atoms in total. The third-order valence-electron chi connectivity index (χ3n) is 4.39. The summed E-state index contributed by atoms with van der Waals surface area (Å²) in [6.07, 6.45) is 7.15. The van der Waals surface area contributed by atoms with Gasteiger partial charge >= 0.3 is 0 Å². The van der Waals surface area contributed by atoms with Crippen molar-refractivity contribution in [1.29, 1.82) is 0 Å². The van der Waals surface area contributed by atoms with E-state index in [1.54, 1.807) is 0 Å². The van der Waals surface area contributed by atoms with E-state index in [4.69, 9.17) is 0 Å². The van der Waals surface area contributed by atoms with Gasteiger partial charge in [0.25, 0.3) is 0 Å². The third-order valence-corrected chi connectivity index (χ3v) is 4.39. The minimum absolute atomic E-state index is 0.456. The molecule has 0 saturated heterocycles. The molecule has 0 bridgehead atoms. The molecule has 1 N–H and O–H groups in total. The van der Waals surface area contributed by atoms with Crippen molar-refractivity contribution in [2.24, 2.45) is 5.92 Å². The quantitative estimate of drug-likeness (QED) is 0.832. The van der Waals surface area contributed by atoms with Gasteiger partial charge in [-0.2, -0.15) is 0 Å². The number of rotatable bonds is 6. The molecule has 0 spiro atoms. The van der Waals surface area contributed by atoms with E-state index in [0.29, 0.717) is 6.04 Å². The minimum atomic E-state index is 0.456. The maximum Gasteiger partial charge on any atom is 0.0361 e. The summed E-state index contributed by atoms with van der Waals surface area (Å²) in [7, 11) is 4.16. The van der Waals surface area contributed by atoms with Gasteiger partial charge in [-0.1, -0.05) is 37.8 Å². The second-order valence-electron chi connectivity index (χ2n) is 6.10. The van der Waals surface area contributed by atoms with Gasteiger partial charge in [0.15, 0.2) is 0 Å². The lowest BCUT2D eigenvalue weighted by Gasteiger charge is -2.18. The van der Waals surface area contributed by atoms with Crippen molar-refractivity contribution in [2.75, 3.05) is 25.5 Å². The van der Waals surface area contributed by atoms with Crippen LogP contribution in [0.1, 0.15) is 50.6 Å². The SMILES string of the molecule is CC(NCCC1CCCC1)c1ccc(N(C)C)cc1. The molecule has 2 rings (SSSR count). The lowest BCUT2D eigenvalue weighted by Crippen LogP contribution is -2.21. The summed E-state index contributed by atoms with van der Waals surface area (Å²) >= 11 is 0. The Morgan fingerprint density at radius 3 is 2.37 bits per heavy atom. The van der Waals surface area contributed by atoms with Crippen molar-refractivity contribution in [3.63, 3.8) is 0 Å². The summed E-state index contributed by atoms with van der Waals surface area (Å²) in [4.78, 5) is 2.14. The first kappa shape index (κ1) is 14.4. The van der Waals surface area contributed by atoms with Crippen molar-refractivity contribution < 1.29 is 0 Å². The Labute approximate surface area is 118 Å². The Hall–Kier alpha value is -1.02. The van der Waals surface area contributed by atoms with Crippen molar-refractivity contribution >= 4 is 5.69 Å². The van der Waals surface area contributed by atoms with E-state index >= 15 is 0 Å². The standard InChI is InChI=1S/C17H28N2/c1-14(18-13-12-15-6-4-5-7-15)16-8-10-17(11-9-16)19(2)3/h8-11,14-15,18H,4-7,12-13H2,1-3H3. The molecule has 0 heterocycles. The first-order valence-corrected chi connectivity index (χ1v) is 7.67. The highest BCUT2D eigenvalue weighted by atomic mass is 15.1. The van der Waals surface area contributed by atoms with E-state index in [1.165, 1.54) is 43.4 Å². The molecule has 0 amide bonds. The molecule has 0 aromatic heterocycles. The minimum Gasteiger partial charge on any atom is -0.378 e. The molecule has 1 atom stereocenters. The molecular weight excluding hydrogens is 232 g/mol. The number of anilines is 1. The van der Waals surface area contributed by atoms with Crippen LogP contribution in [0.25, 0.3) is 0 Å². The average molecular weight is 260 g/mol. The van der Waals surface area contributed by atoms with Crippen molar-refractivity contribution in [2.45, 2.75) is 45.1 Å². The Morgan fingerprint density at radius 2 is 1.79 bits per heavy atom. The summed E-state index contributed by atoms with van der Waals surface area (Å²) in [6, 6.07) is 9.33. The molecule has 1 aromatic carbocycles. The Balaban J connectivity index is 1.76. The normalized spacial score (nSPS) is 17.6. The number of benzene rings is 1. The third kappa shape index (κ3) is 4.24. The molecule has 0 radical (unpaired) electrons. The van der Waals surface area contributed by atoms with Crippen LogP contribution in [-0.2, 0) is 0 Å². The van der Waals surface area contributed by atoms with Crippen LogP contribution in [-0.4, -0.2) is 20.6 Å². The monoisotopic (exact) mass is 260 g/mol. The van der Waals surface area contributed by atoms with Gasteiger partial charge in [0.05, 0.1) is 0 Å². The van der Waals surface area contributed by atoms with Gasteiger partial charge in [-0.3, -0.25) is 0 Å². The van der Waals surface area contributed by atoms with Crippen molar-refractivity contribution in [3.05, 3.63) is 29.8 Å². The van der Waals surface area contributed by atoms with E-state index in [9.17, 15) is 0 Å². The zero-order valence-corrected chi connectivity index (χ0v) is 12.7. The van der Waals surface area contributed by atoms with Crippen LogP contribution in [0.5, 0.6) is 0 Å². The Bertz CT molecular complexity index is 363. The van der Waals surface area contributed by atoms with Crippen molar-refractivity contribution in [3.8, 4) is 0 Å². The van der Waals surface area contributed by atoms with Crippen LogP contribution in [0.2, 0.25) is 0 Å². The van der Waals surface area contributed by atoms with E-state index in [-0.39, 0.29) is 0 Å². The lowest BCUT2D eigenvalue weighted by atomic mass is 10.0. The van der Waals surface area contributed by atoms with Gasteiger partial charge in [0.2, 0.25) is 0 Å². The van der Waals surface area contributed by atoms with Gasteiger partial charge in [-0.15, -0.1) is 0 Å². The molecule has 1 aromatic rings. The molecule has 106 valence electrons. The second-order valence-corrected chi connectivity index (χ2v) is 6.10. The molecule has 2 heteroatoms. The molecular formula is C17H28N2. The van der Waals surface area contributed by atoms with E-state index < -0.39 is 0 Å². The summed E-state index contributed by atoms with van der Waals surface area (Å²) in [5, 5.41) is 3.66. The van der Waals surface area contributed by atoms with Gasteiger partial charge in [0, 0.05) is 25.8 Å². The molecule has 19 heavy (non-hydrogen) atoms. The van der Waals surface area contributed by atoms with Gasteiger partial charge in [-0.05, 0) is 43.5 Å². The molecule has 1 unspecified atom stereocenters. The molecule has 1 fully saturated rings. The first-order valence-electron chi connectivity index (χ1n) is 7.67.